The van der Waals surface area contributed by atoms with E-state index in [1.54, 1.807) is 44.2 Å². The summed E-state index contributed by atoms with van der Waals surface area (Å²) in [6, 6.07) is 12.3. The van der Waals surface area contributed by atoms with Gasteiger partial charge in [0.05, 0.1) is 5.56 Å². The van der Waals surface area contributed by atoms with Crippen LogP contribution in [0.2, 0.25) is 0 Å². The number of alkyl halides is 2. The largest absolute Gasteiger partial charge is 0.423 e. The maximum Gasteiger partial charge on any atom is 0.343 e. The molecule has 1 fully saturated rings. The van der Waals surface area contributed by atoms with Crippen molar-refractivity contribution in [3.8, 4) is 5.75 Å². The van der Waals surface area contributed by atoms with Gasteiger partial charge in [-0.1, -0.05) is 96.4 Å². The summed E-state index contributed by atoms with van der Waals surface area (Å²) in [5.41, 5.74) is 2.06. The molecule has 36 heavy (non-hydrogen) atoms. The minimum atomic E-state index is -1.39. The van der Waals surface area contributed by atoms with Gasteiger partial charge in [0.1, 0.15) is 18.1 Å². The fourth-order valence-corrected chi connectivity index (χ4v) is 5.51. The molecule has 2 unspecified atom stereocenters. The van der Waals surface area contributed by atoms with Gasteiger partial charge in [0.15, 0.2) is 0 Å². The van der Waals surface area contributed by atoms with E-state index < -0.39 is 18.3 Å². The number of esters is 1. The van der Waals surface area contributed by atoms with Gasteiger partial charge in [-0.15, -0.1) is 0 Å². The first-order valence-corrected chi connectivity index (χ1v) is 14.2. The van der Waals surface area contributed by atoms with Crippen molar-refractivity contribution < 1.29 is 18.3 Å². The molecular weight excluding hydrogens is 454 g/mol. The second-order valence-electron chi connectivity index (χ2n) is 10.5. The van der Waals surface area contributed by atoms with Gasteiger partial charge in [-0.25, -0.2) is 13.6 Å². The predicted molar refractivity (Wildman–Crippen MR) is 144 cm³/mol. The molecule has 198 valence electrons. The number of unbranched alkanes of at least 4 members (excludes halogenated alkanes) is 2. The summed E-state index contributed by atoms with van der Waals surface area (Å²) in [6.45, 7) is 5.68. The van der Waals surface area contributed by atoms with Crippen LogP contribution in [0.1, 0.15) is 131 Å². The molecule has 0 amide bonds. The second-order valence-corrected chi connectivity index (χ2v) is 10.5. The van der Waals surface area contributed by atoms with E-state index in [0.717, 1.165) is 18.3 Å². The Morgan fingerprint density at radius 1 is 0.861 bits per heavy atom. The van der Waals surface area contributed by atoms with E-state index in [0.29, 0.717) is 5.56 Å². The maximum atomic E-state index is 14.8. The van der Waals surface area contributed by atoms with Crippen LogP contribution in [-0.2, 0) is 6.42 Å². The summed E-state index contributed by atoms with van der Waals surface area (Å²) in [4.78, 5) is 12.8. The number of hydrogen-bond acceptors (Lipinski definition) is 2. The Hall–Kier alpha value is -2.23. The first-order valence-electron chi connectivity index (χ1n) is 14.2. The Labute approximate surface area is 216 Å². The van der Waals surface area contributed by atoms with Gasteiger partial charge in [0.25, 0.3) is 0 Å². The van der Waals surface area contributed by atoms with Crippen molar-refractivity contribution in [2.45, 2.75) is 110 Å². The molecule has 2 atom stereocenters. The highest BCUT2D eigenvalue weighted by atomic mass is 19.1. The van der Waals surface area contributed by atoms with Crippen LogP contribution in [0.25, 0.3) is 0 Å². The lowest BCUT2D eigenvalue weighted by Crippen LogP contribution is -2.15. The van der Waals surface area contributed by atoms with Crippen molar-refractivity contribution in [3.05, 3.63) is 64.7 Å². The van der Waals surface area contributed by atoms with Gasteiger partial charge < -0.3 is 4.74 Å². The van der Waals surface area contributed by atoms with Crippen LogP contribution in [0, 0.1) is 11.8 Å². The first kappa shape index (κ1) is 28.3. The van der Waals surface area contributed by atoms with E-state index in [-0.39, 0.29) is 29.7 Å². The molecule has 1 aliphatic rings. The molecule has 4 heteroatoms. The van der Waals surface area contributed by atoms with Crippen molar-refractivity contribution in [1.82, 2.24) is 0 Å². The van der Waals surface area contributed by atoms with E-state index in [4.69, 9.17) is 4.74 Å². The summed E-state index contributed by atoms with van der Waals surface area (Å²) in [7, 11) is 0. The lowest BCUT2D eigenvalue weighted by molar-refractivity contribution is 0.0730. The number of ether oxygens (including phenoxy) is 1. The third-order valence-electron chi connectivity index (χ3n) is 7.88. The zero-order valence-electron chi connectivity index (χ0n) is 22.4. The zero-order valence-corrected chi connectivity index (χ0v) is 22.4. The Bertz CT molecular complexity index is 932. The minimum Gasteiger partial charge on any atom is -0.423 e. The number of hydrogen-bond donors (Lipinski definition) is 0. The molecule has 2 nitrogen and oxygen atoms in total. The highest BCUT2D eigenvalue weighted by Crippen LogP contribution is 2.39. The molecule has 0 aromatic heterocycles. The second kappa shape index (κ2) is 14.5. The third-order valence-corrected chi connectivity index (χ3v) is 7.88. The molecule has 0 aliphatic heterocycles. The number of carbonyl (C=O) groups is 1. The van der Waals surface area contributed by atoms with Gasteiger partial charge in [0.2, 0.25) is 0 Å². The van der Waals surface area contributed by atoms with Gasteiger partial charge in [-0.2, -0.15) is 0 Å². The van der Waals surface area contributed by atoms with E-state index in [1.165, 1.54) is 63.4 Å². The van der Waals surface area contributed by atoms with Crippen molar-refractivity contribution in [2.75, 3.05) is 0 Å². The average Bonchev–Trinajstić information content (AvgIpc) is 2.92. The fourth-order valence-electron chi connectivity index (χ4n) is 5.51. The lowest BCUT2D eigenvalue weighted by atomic mass is 9.78. The molecule has 1 saturated carbocycles. The molecule has 0 radical (unpaired) electrons. The van der Waals surface area contributed by atoms with Gasteiger partial charge in [-0.3, -0.25) is 0 Å². The molecular formula is C32H44F2O2. The van der Waals surface area contributed by atoms with Crippen LogP contribution >= 0.6 is 0 Å². The van der Waals surface area contributed by atoms with Crippen molar-refractivity contribution in [2.24, 2.45) is 11.8 Å². The van der Waals surface area contributed by atoms with E-state index in [2.05, 4.69) is 6.92 Å². The molecule has 2 aromatic carbocycles. The average molecular weight is 499 g/mol. The van der Waals surface area contributed by atoms with E-state index in [1.807, 2.05) is 12.1 Å². The summed E-state index contributed by atoms with van der Waals surface area (Å²) in [5.74, 6) is 1.30. The molecule has 0 heterocycles. The minimum absolute atomic E-state index is 0.109. The van der Waals surface area contributed by atoms with Crippen LogP contribution in [0.3, 0.4) is 0 Å². The summed E-state index contributed by atoms with van der Waals surface area (Å²) >= 11 is 0. The molecule has 2 aromatic rings. The molecule has 0 spiro atoms. The SMILES string of the molecule is CCCCCC1CCC(CCc2ccc(C(=O)Oc3cccc(C(F)CC)c3C(F)CC)cc2)CC1. The number of carbonyl (C=O) groups excluding carboxylic acids is 1. The molecule has 1 aliphatic carbocycles. The zero-order chi connectivity index (χ0) is 25.9. The predicted octanol–water partition coefficient (Wildman–Crippen LogP) is 10.1. The number of halogens is 2. The highest BCUT2D eigenvalue weighted by Gasteiger charge is 2.25. The Kier molecular flexibility index (Phi) is 11.4. The lowest BCUT2D eigenvalue weighted by Gasteiger charge is -2.28. The van der Waals surface area contributed by atoms with Crippen molar-refractivity contribution in [3.63, 3.8) is 0 Å². The van der Waals surface area contributed by atoms with Crippen molar-refractivity contribution >= 4 is 5.97 Å². The smallest absolute Gasteiger partial charge is 0.343 e. The number of benzene rings is 2. The molecule has 0 saturated heterocycles. The summed E-state index contributed by atoms with van der Waals surface area (Å²) in [6.07, 6.45) is 10.8. The van der Waals surface area contributed by atoms with Crippen molar-refractivity contribution in [1.29, 1.82) is 0 Å². The molecule has 3 rings (SSSR count). The van der Waals surface area contributed by atoms with Crippen LogP contribution < -0.4 is 4.74 Å². The van der Waals surface area contributed by atoms with E-state index >= 15 is 0 Å². The van der Waals surface area contributed by atoms with Crippen LogP contribution in [-0.4, -0.2) is 5.97 Å². The van der Waals surface area contributed by atoms with Crippen LogP contribution in [0.4, 0.5) is 8.78 Å². The van der Waals surface area contributed by atoms with Crippen LogP contribution in [0.15, 0.2) is 42.5 Å². The molecule has 0 N–H and O–H groups in total. The number of rotatable bonds is 13. The molecule has 0 bridgehead atoms. The standard InChI is InChI=1S/C32H44F2O2/c1-4-7-8-10-23-13-15-24(16-14-23)17-18-25-19-21-26(22-20-25)32(35)36-30-12-9-11-27(28(33)5-2)31(30)29(34)6-3/h9,11-12,19-24,28-29H,4-8,10,13-18H2,1-3H3. The van der Waals surface area contributed by atoms with E-state index in [9.17, 15) is 13.6 Å². The maximum absolute atomic E-state index is 14.8. The monoisotopic (exact) mass is 498 g/mol. The quantitative estimate of drug-likeness (QED) is 0.156. The van der Waals surface area contributed by atoms with Gasteiger partial charge >= 0.3 is 5.97 Å². The van der Waals surface area contributed by atoms with Gasteiger partial charge in [-0.05, 0) is 66.8 Å². The summed E-state index contributed by atoms with van der Waals surface area (Å²) < 4.78 is 34.8. The normalized spacial score (nSPS) is 19.6. The Balaban J connectivity index is 1.55. The Morgan fingerprint density at radius 2 is 1.50 bits per heavy atom. The number of aryl methyl sites for hydroxylation is 1. The van der Waals surface area contributed by atoms with Gasteiger partial charge in [0, 0.05) is 5.56 Å². The fraction of sp³-hybridized carbons (Fsp3) is 0.594. The topological polar surface area (TPSA) is 26.3 Å². The first-order chi connectivity index (χ1) is 17.5. The highest BCUT2D eigenvalue weighted by molar-refractivity contribution is 5.91. The third kappa shape index (κ3) is 7.88. The summed E-state index contributed by atoms with van der Waals surface area (Å²) in [5, 5.41) is 0. The Morgan fingerprint density at radius 3 is 2.11 bits per heavy atom. The van der Waals surface area contributed by atoms with Crippen LogP contribution in [0.5, 0.6) is 5.75 Å².